The smallest absolute Gasteiger partial charge is 0.216 e. The lowest BCUT2D eigenvalue weighted by molar-refractivity contribution is 0.373. The van der Waals surface area contributed by atoms with E-state index in [-0.39, 0.29) is 22.3 Å². The minimum absolute atomic E-state index is 0.0819. The molecule has 6 nitrogen and oxygen atoms in total. The second-order valence-electron chi connectivity index (χ2n) is 10.1. The van der Waals surface area contributed by atoms with Crippen LogP contribution >= 0.6 is 22.7 Å². The summed E-state index contributed by atoms with van der Waals surface area (Å²) in [4.78, 5) is 11.4. The third kappa shape index (κ3) is 3.09. The average Bonchev–Trinajstić information content (AvgIpc) is 3.63. The van der Waals surface area contributed by atoms with Crippen molar-refractivity contribution in [3.63, 3.8) is 0 Å². The first-order valence-corrected chi connectivity index (χ1v) is 14.1. The first kappa shape index (κ1) is 22.9. The van der Waals surface area contributed by atoms with E-state index in [1.165, 1.54) is 44.9 Å². The van der Waals surface area contributed by atoms with E-state index in [1.807, 2.05) is 24.3 Å². The fraction of sp³-hybridized carbons (Fsp3) is 0.429. The van der Waals surface area contributed by atoms with E-state index in [4.69, 9.17) is 0 Å². The number of thiophene rings is 2. The maximum absolute atomic E-state index is 9.28. The molecule has 8 heteroatoms. The minimum Gasteiger partial charge on any atom is -0.216 e. The van der Waals surface area contributed by atoms with Crippen LogP contribution in [0.15, 0.2) is 22.1 Å². The molecule has 4 aliphatic rings. The highest BCUT2D eigenvalue weighted by Crippen LogP contribution is 2.72. The van der Waals surface area contributed by atoms with Crippen LogP contribution in [0.4, 0.5) is 10.0 Å². The lowest BCUT2D eigenvalue weighted by Gasteiger charge is -2.37. The first-order chi connectivity index (χ1) is 17.6. The van der Waals surface area contributed by atoms with Crippen molar-refractivity contribution in [2.45, 2.75) is 75.0 Å². The number of nitriles is 4. The average molecular weight is 507 g/mol. The molecule has 0 radical (unpaired) electrons. The molecule has 2 fully saturated rings. The van der Waals surface area contributed by atoms with Crippen LogP contribution in [0.2, 0.25) is 0 Å². The molecule has 4 aliphatic carbocycles. The van der Waals surface area contributed by atoms with Crippen molar-refractivity contribution >= 4 is 55.2 Å². The van der Waals surface area contributed by atoms with Crippen molar-refractivity contribution in [2.75, 3.05) is 0 Å². The van der Waals surface area contributed by atoms with Crippen LogP contribution < -0.4 is 0 Å². The number of nitrogens with zero attached hydrogens (tertiary/aromatic N) is 6. The molecule has 0 bridgehead atoms. The summed E-state index contributed by atoms with van der Waals surface area (Å²) in [6, 6.07) is 11.9. The molecular formula is C28H22N6S2. The van der Waals surface area contributed by atoms with E-state index in [0.717, 1.165) is 61.4 Å². The summed E-state index contributed by atoms with van der Waals surface area (Å²) in [7, 11) is 0. The topological polar surface area (TPSA) is 120 Å². The van der Waals surface area contributed by atoms with Gasteiger partial charge in [-0.05, 0) is 60.1 Å². The zero-order valence-electron chi connectivity index (χ0n) is 19.7. The molecule has 2 aromatic heterocycles. The number of hydrogen-bond acceptors (Lipinski definition) is 8. The summed E-state index contributed by atoms with van der Waals surface area (Å²) < 4.78 is 0. The zero-order valence-corrected chi connectivity index (χ0v) is 21.4. The van der Waals surface area contributed by atoms with Gasteiger partial charge >= 0.3 is 0 Å². The molecule has 0 unspecified atom stereocenters. The Morgan fingerprint density at radius 1 is 0.611 bits per heavy atom. The van der Waals surface area contributed by atoms with Crippen LogP contribution in [-0.2, 0) is 10.8 Å². The number of allylic oxidation sites excluding steroid dienone is 2. The van der Waals surface area contributed by atoms with Crippen molar-refractivity contribution in [1.29, 1.82) is 21.0 Å². The zero-order chi connectivity index (χ0) is 24.9. The van der Waals surface area contributed by atoms with Crippen LogP contribution in [-0.4, -0.2) is 11.4 Å². The molecule has 6 rings (SSSR count). The van der Waals surface area contributed by atoms with Gasteiger partial charge in [0.15, 0.2) is 0 Å². The highest BCUT2D eigenvalue weighted by molar-refractivity contribution is 7.18. The number of hydrogen-bond donors (Lipinski definition) is 0. The van der Waals surface area contributed by atoms with Crippen molar-refractivity contribution in [3.8, 4) is 24.3 Å². The molecule has 0 atom stereocenters. The van der Waals surface area contributed by atoms with Crippen LogP contribution in [0, 0.1) is 45.3 Å². The molecular weight excluding hydrogens is 484 g/mol. The Morgan fingerprint density at radius 2 is 0.972 bits per heavy atom. The summed E-state index contributed by atoms with van der Waals surface area (Å²) in [6.45, 7) is 0. The summed E-state index contributed by atoms with van der Waals surface area (Å²) in [6.07, 6.45) is 11.4. The Balaban J connectivity index is 1.61. The van der Waals surface area contributed by atoms with Gasteiger partial charge in [0.2, 0.25) is 11.4 Å². The molecule has 2 saturated carbocycles. The van der Waals surface area contributed by atoms with Crippen LogP contribution in [0.25, 0.3) is 11.1 Å². The minimum atomic E-state index is -0.104. The van der Waals surface area contributed by atoms with Gasteiger partial charge in [0.1, 0.15) is 34.3 Å². The predicted octanol–water partition coefficient (Wildman–Crippen LogP) is 7.39. The van der Waals surface area contributed by atoms with Gasteiger partial charge in [0.25, 0.3) is 0 Å². The Morgan fingerprint density at radius 3 is 1.31 bits per heavy atom. The van der Waals surface area contributed by atoms with E-state index in [2.05, 4.69) is 22.1 Å². The molecule has 0 N–H and O–H groups in total. The molecule has 2 heterocycles. The predicted molar refractivity (Wildman–Crippen MR) is 142 cm³/mol. The van der Waals surface area contributed by atoms with Gasteiger partial charge in [0, 0.05) is 20.6 Å². The number of aliphatic imine (C=N–C) groups is 2. The van der Waals surface area contributed by atoms with Crippen LogP contribution in [0.5, 0.6) is 0 Å². The quantitative estimate of drug-likeness (QED) is 0.394. The van der Waals surface area contributed by atoms with Gasteiger partial charge in [-0.3, -0.25) is 0 Å². The van der Waals surface area contributed by atoms with Gasteiger partial charge in [-0.25, -0.2) is 9.98 Å². The standard InChI is InChI=1S/C28H22N6S2/c29-13-17(14-30)33-21-11-19-25(35-21)24-23(27(19)7-3-1-4-8-27)26-20(28(24)9-5-2-6-10-28)12-22(36-26)34-18(15-31)16-32/h11-12H,1-10H2. The summed E-state index contributed by atoms with van der Waals surface area (Å²) in [5.41, 5.74) is 5.20. The number of rotatable bonds is 2. The Bertz CT molecular complexity index is 1390. The van der Waals surface area contributed by atoms with E-state index < -0.39 is 0 Å². The van der Waals surface area contributed by atoms with Gasteiger partial charge < -0.3 is 0 Å². The van der Waals surface area contributed by atoms with Crippen molar-refractivity contribution < 1.29 is 0 Å². The van der Waals surface area contributed by atoms with Crippen LogP contribution in [0.1, 0.15) is 85.1 Å². The third-order valence-electron chi connectivity index (χ3n) is 8.41. The fourth-order valence-electron chi connectivity index (χ4n) is 7.08. The Hall–Kier alpha value is -3.56. The van der Waals surface area contributed by atoms with E-state index in [9.17, 15) is 21.0 Å². The Labute approximate surface area is 218 Å². The highest BCUT2D eigenvalue weighted by atomic mass is 32.1. The summed E-state index contributed by atoms with van der Waals surface area (Å²) in [5.74, 6) is 0. The SMILES string of the molecule is N#CC(C#N)=Nc1cc2c(s1)C1=C(c3sc(N=C(C#N)C#N)cc3C13CCCCC3)C21CCCCC1. The highest BCUT2D eigenvalue weighted by Gasteiger charge is 2.58. The maximum Gasteiger partial charge on any atom is 0.219 e. The van der Waals surface area contributed by atoms with Crippen LogP contribution in [0.3, 0.4) is 0 Å². The number of fused-ring (bicyclic) bond motifs is 8. The van der Waals surface area contributed by atoms with Crippen molar-refractivity contribution in [2.24, 2.45) is 9.98 Å². The first-order valence-electron chi connectivity index (χ1n) is 12.4. The largest absolute Gasteiger partial charge is 0.219 e. The normalized spacial score (nSPS) is 19.9. The van der Waals surface area contributed by atoms with Gasteiger partial charge in [-0.2, -0.15) is 21.0 Å². The van der Waals surface area contributed by atoms with E-state index in [1.54, 1.807) is 22.7 Å². The molecule has 0 saturated heterocycles. The molecule has 36 heavy (non-hydrogen) atoms. The third-order valence-corrected chi connectivity index (χ3v) is 10.5. The molecule has 0 amide bonds. The molecule has 2 aromatic rings. The lowest BCUT2D eigenvalue weighted by Crippen LogP contribution is -2.28. The summed E-state index contributed by atoms with van der Waals surface area (Å²) >= 11 is 3.26. The monoisotopic (exact) mass is 506 g/mol. The van der Waals surface area contributed by atoms with E-state index >= 15 is 0 Å². The fourth-order valence-corrected chi connectivity index (χ4v) is 9.65. The maximum atomic E-state index is 9.28. The second-order valence-corrected chi connectivity index (χ2v) is 12.1. The van der Waals surface area contributed by atoms with Gasteiger partial charge in [0.05, 0.1) is 0 Å². The van der Waals surface area contributed by atoms with Gasteiger partial charge in [-0.15, -0.1) is 22.7 Å². The van der Waals surface area contributed by atoms with Crippen molar-refractivity contribution in [1.82, 2.24) is 0 Å². The molecule has 2 spiro atoms. The molecule has 176 valence electrons. The Kier molecular flexibility index (Phi) is 5.42. The van der Waals surface area contributed by atoms with Gasteiger partial charge in [-0.1, -0.05) is 38.5 Å². The van der Waals surface area contributed by atoms with Crippen molar-refractivity contribution in [3.05, 3.63) is 33.0 Å². The molecule has 0 aromatic carbocycles. The molecule has 0 aliphatic heterocycles. The summed E-state index contributed by atoms with van der Waals surface area (Å²) in [5, 5.41) is 38.6. The second kappa shape index (κ2) is 8.53. The van der Waals surface area contributed by atoms with E-state index in [0.29, 0.717) is 0 Å². The lowest BCUT2D eigenvalue weighted by atomic mass is 9.67.